The minimum atomic E-state index is -1.16. The lowest BCUT2D eigenvalue weighted by Crippen LogP contribution is -2.65. The van der Waals surface area contributed by atoms with Crippen molar-refractivity contribution in [2.45, 2.75) is 141 Å². The van der Waals surface area contributed by atoms with Crippen LogP contribution in [-0.4, -0.2) is 102 Å². The van der Waals surface area contributed by atoms with Crippen LogP contribution in [0.1, 0.15) is 97.6 Å². The van der Waals surface area contributed by atoms with E-state index in [0.717, 1.165) is 43.2 Å². The summed E-state index contributed by atoms with van der Waals surface area (Å²) in [6.07, 6.45) is 7.14. The molecule has 13 nitrogen and oxygen atoms in total. The van der Waals surface area contributed by atoms with Gasteiger partial charge >= 0.3 is 19.3 Å². The summed E-state index contributed by atoms with van der Waals surface area (Å²) in [5.74, 6) is -0.433. The zero-order chi connectivity index (χ0) is 38.4. The van der Waals surface area contributed by atoms with Gasteiger partial charge in [-0.2, -0.15) is 0 Å². The predicted molar refractivity (Wildman–Crippen MR) is 200 cm³/mol. The molecule has 4 aliphatic heterocycles. The summed E-state index contributed by atoms with van der Waals surface area (Å²) in [4.78, 5) is 58.4. The number of carbonyl (C=O) groups is 4. The van der Waals surface area contributed by atoms with Crippen molar-refractivity contribution in [3.05, 3.63) is 47.5 Å². The number of alkyl carbamates (subject to hydrolysis) is 1. The molecule has 4 unspecified atom stereocenters. The molecule has 0 radical (unpaired) electrons. The fourth-order valence-corrected chi connectivity index (χ4v) is 9.57. The van der Waals surface area contributed by atoms with Crippen molar-refractivity contribution in [3.8, 4) is 0 Å². The number of amides is 4. The van der Waals surface area contributed by atoms with E-state index < -0.39 is 60.5 Å². The lowest BCUT2D eigenvalue weighted by Gasteiger charge is -2.64. The van der Waals surface area contributed by atoms with Gasteiger partial charge in [0.25, 0.3) is 0 Å². The van der Waals surface area contributed by atoms with Crippen LogP contribution in [0.4, 0.5) is 9.59 Å². The summed E-state index contributed by atoms with van der Waals surface area (Å²) >= 11 is 0. The molecule has 5 fully saturated rings. The monoisotopic (exact) mass is 748 g/mol. The first-order valence-corrected chi connectivity index (χ1v) is 19.8. The van der Waals surface area contributed by atoms with E-state index in [0.29, 0.717) is 31.3 Å². The van der Waals surface area contributed by atoms with E-state index >= 15 is 0 Å². The number of benzene rings is 1. The maximum atomic E-state index is 14.5. The Balaban J connectivity index is 1.12. The highest BCUT2D eigenvalue weighted by molar-refractivity contribution is 6.48. The number of nitrogens with zero attached hydrogens (tertiary/aromatic N) is 2. The third kappa shape index (κ3) is 7.88. The first-order chi connectivity index (χ1) is 25.6. The van der Waals surface area contributed by atoms with Crippen LogP contribution in [0, 0.1) is 17.3 Å². The maximum Gasteiger partial charge on any atom is 0.481 e. The lowest BCUT2D eigenvalue weighted by molar-refractivity contribution is -0.199. The van der Waals surface area contributed by atoms with E-state index in [9.17, 15) is 19.2 Å². The lowest BCUT2D eigenvalue weighted by atomic mass is 9.43. The summed E-state index contributed by atoms with van der Waals surface area (Å²) in [5.41, 5.74) is 1.03. The van der Waals surface area contributed by atoms with Gasteiger partial charge in [-0.3, -0.25) is 14.5 Å². The smallest absolute Gasteiger partial charge is 0.444 e. The summed E-state index contributed by atoms with van der Waals surface area (Å²) in [6.45, 7) is 12.9. The van der Waals surface area contributed by atoms with Crippen LogP contribution in [-0.2, 0) is 46.2 Å². The van der Waals surface area contributed by atoms with E-state index in [-0.39, 0.29) is 43.6 Å². The number of nitrogens with one attached hydrogen (secondary N) is 2. The predicted octanol–water partition coefficient (Wildman–Crippen LogP) is 4.90. The van der Waals surface area contributed by atoms with Crippen LogP contribution >= 0.6 is 0 Å². The average Bonchev–Trinajstić information content (AvgIpc) is 3.83. The van der Waals surface area contributed by atoms with Gasteiger partial charge in [0.2, 0.25) is 11.8 Å². The molecule has 0 aromatic heterocycles. The fourth-order valence-electron chi connectivity index (χ4n) is 9.57. The molecule has 8 atom stereocenters. The Hall–Kier alpha value is -3.62. The van der Waals surface area contributed by atoms with Gasteiger partial charge in [-0.25, -0.2) is 9.59 Å². The van der Waals surface area contributed by atoms with Crippen LogP contribution in [0.15, 0.2) is 36.4 Å². The van der Waals surface area contributed by atoms with E-state index in [4.69, 9.17) is 23.5 Å². The zero-order valence-electron chi connectivity index (χ0n) is 32.6. The van der Waals surface area contributed by atoms with Crippen LogP contribution in [0.25, 0.3) is 0 Å². The van der Waals surface area contributed by atoms with Crippen LogP contribution in [0.3, 0.4) is 0 Å². The average molecular weight is 749 g/mol. The molecule has 1 aromatic carbocycles. The molecule has 1 aromatic rings. The van der Waals surface area contributed by atoms with E-state index in [2.05, 4.69) is 31.4 Å². The first kappa shape index (κ1) is 38.7. The van der Waals surface area contributed by atoms with Crippen molar-refractivity contribution in [2.75, 3.05) is 19.8 Å². The van der Waals surface area contributed by atoms with Gasteiger partial charge in [0.05, 0.1) is 37.4 Å². The summed E-state index contributed by atoms with van der Waals surface area (Å²) in [5, 5.41) is 5.92. The fraction of sp³-hybridized carbons (Fsp3) is 0.700. The van der Waals surface area contributed by atoms with E-state index in [1.54, 1.807) is 25.7 Å². The van der Waals surface area contributed by atoms with Gasteiger partial charge in [0.15, 0.2) is 0 Å². The molecule has 2 saturated heterocycles. The number of carbonyl (C=O) groups excluding carboxylic acids is 4. The van der Waals surface area contributed by atoms with Gasteiger partial charge in [-0.15, -0.1) is 0 Å². The van der Waals surface area contributed by atoms with Crippen molar-refractivity contribution in [3.63, 3.8) is 0 Å². The molecule has 294 valence electrons. The van der Waals surface area contributed by atoms with Crippen molar-refractivity contribution in [1.82, 2.24) is 20.4 Å². The van der Waals surface area contributed by atoms with Gasteiger partial charge in [-0.05, 0) is 88.2 Å². The number of rotatable bonds is 3. The Labute approximate surface area is 319 Å². The number of fused-ring (bicyclic) bond motifs is 2. The molecule has 4 amide bonds. The first-order valence-electron chi connectivity index (χ1n) is 19.8. The SMILES string of the molecule is CC(C)(C)OC(=O)N[C@H]1COCC=CCCCC[C@H](B2OC3CC4CC(C4(C)C)C3(C)O2)NC(=O)[C@@H]2C[C@@H](OC(=O)N3Cc4ccccc4C3)CN2C1=O. The molecule has 7 aliphatic rings. The molecule has 54 heavy (non-hydrogen) atoms. The quantitative estimate of drug-likeness (QED) is 0.326. The molecular formula is C40H57BN4O9. The highest BCUT2D eigenvalue weighted by atomic mass is 16.7. The highest BCUT2D eigenvalue weighted by Gasteiger charge is 2.68. The molecule has 2 bridgehead atoms. The topological polar surface area (TPSA) is 145 Å². The molecule has 2 N–H and O–H groups in total. The van der Waals surface area contributed by atoms with E-state index in [1.807, 2.05) is 36.4 Å². The number of allylic oxidation sites excluding steroid dienone is 1. The van der Waals surface area contributed by atoms with Gasteiger partial charge in [0, 0.05) is 19.5 Å². The number of hydrogen-bond donors (Lipinski definition) is 2. The summed E-state index contributed by atoms with van der Waals surface area (Å²) in [6, 6.07) is 5.71. The Kier molecular flexibility index (Phi) is 10.8. The Bertz CT molecular complexity index is 1610. The third-order valence-corrected chi connectivity index (χ3v) is 12.6. The van der Waals surface area contributed by atoms with Crippen molar-refractivity contribution >= 4 is 31.1 Å². The Morgan fingerprint density at radius 1 is 1.02 bits per heavy atom. The van der Waals surface area contributed by atoms with Crippen LogP contribution < -0.4 is 10.6 Å². The maximum absolute atomic E-state index is 14.5. The summed E-state index contributed by atoms with van der Waals surface area (Å²) in [7, 11) is -0.639. The Morgan fingerprint density at radius 2 is 1.76 bits per heavy atom. The summed E-state index contributed by atoms with van der Waals surface area (Å²) < 4.78 is 30.9. The third-order valence-electron chi connectivity index (χ3n) is 12.6. The minimum absolute atomic E-state index is 0.0325. The standard InChI is InChI=1S/C40H57BN4O9/c1-38(2,3)52-36(48)42-29-24-50-17-13-9-7-8-10-16-33(41-53-32-19-27-18-31(39(27,4)5)40(32,6)54-41)43-34(46)30-20-28(23-45(30)35(29)47)51-37(49)44-21-25-14-11-12-15-26(25)22-44/h9,11-15,27-33H,7-8,10,16-24H2,1-6H3,(H,42,48)(H,43,46)/t27?,28-,29+,30+,31?,32?,33-,40?/m1/s1. The normalized spacial score (nSPS) is 34.0. The van der Waals surface area contributed by atoms with Gasteiger partial charge < -0.3 is 39.1 Å². The largest absolute Gasteiger partial charge is 0.481 e. The molecule has 14 heteroatoms. The van der Waals surface area contributed by atoms with Gasteiger partial charge in [-0.1, -0.05) is 56.7 Å². The molecule has 3 aliphatic carbocycles. The molecule has 8 rings (SSSR count). The molecular weight excluding hydrogens is 691 g/mol. The zero-order valence-corrected chi connectivity index (χ0v) is 32.6. The highest BCUT2D eigenvalue weighted by Crippen LogP contribution is 2.65. The number of ether oxygens (including phenoxy) is 3. The number of hydrogen-bond acceptors (Lipinski definition) is 9. The second-order valence-electron chi connectivity index (χ2n) is 17.8. The van der Waals surface area contributed by atoms with Crippen molar-refractivity contribution < 1.29 is 42.7 Å². The molecule has 3 saturated carbocycles. The Morgan fingerprint density at radius 3 is 2.46 bits per heavy atom. The second kappa shape index (κ2) is 15.1. The van der Waals surface area contributed by atoms with Crippen molar-refractivity contribution in [1.29, 1.82) is 0 Å². The molecule has 0 spiro atoms. The molecule has 4 heterocycles. The van der Waals surface area contributed by atoms with Crippen LogP contribution in [0.5, 0.6) is 0 Å². The minimum Gasteiger partial charge on any atom is -0.444 e. The van der Waals surface area contributed by atoms with Gasteiger partial charge in [0.1, 0.15) is 23.8 Å². The second-order valence-corrected chi connectivity index (χ2v) is 17.8. The van der Waals surface area contributed by atoms with Crippen LogP contribution in [0.2, 0.25) is 0 Å². The van der Waals surface area contributed by atoms with E-state index in [1.165, 1.54) is 4.90 Å². The van der Waals surface area contributed by atoms with Crippen molar-refractivity contribution in [2.24, 2.45) is 17.3 Å².